The minimum atomic E-state index is -0.0444. The second-order valence-corrected chi connectivity index (χ2v) is 7.11. The molecule has 0 bridgehead atoms. The van der Waals surface area contributed by atoms with Crippen LogP contribution in [0.15, 0.2) is 63.9 Å². The molecule has 1 aliphatic rings. The molecule has 1 saturated heterocycles. The molecule has 5 rings (SSSR count). The molecule has 2 aromatic carbocycles. The third-order valence-corrected chi connectivity index (χ3v) is 5.26. The van der Waals surface area contributed by atoms with E-state index >= 15 is 0 Å². The zero-order valence-corrected chi connectivity index (χ0v) is 14.9. The first-order valence-electron chi connectivity index (χ1n) is 9.30. The number of hydrogen-bond donors (Lipinski definition) is 0. The van der Waals surface area contributed by atoms with Crippen molar-refractivity contribution < 1.29 is 4.42 Å². The zero-order chi connectivity index (χ0) is 18.2. The summed E-state index contributed by atoms with van der Waals surface area (Å²) in [5.74, 6) is 1.03. The summed E-state index contributed by atoms with van der Waals surface area (Å²) in [6, 6.07) is 15.4. The number of oxazole rings is 1. The fraction of sp³-hybridized carbons (Fsp3) is 0.286. The monoisotopic (exact) mass is 360 g/mol. The Labute approximate surface area is 156 Å². The SMILES string of the molecule is O=c1c2ccccc2cnn1CN1CCCC(c2nc3ccccc3o2)C1. The van der Waals surface area contributed by atoms with Crippen LogP contribution >= 0.6 is 0 Å². The van der Waals surface area contributed by atoms with Crippen molar-refractivity contribution in [1.82, 2.24) is 19.7 Å². The second-order valence-electron chi connectivity index (χ2n) is 7.11. The van der Waals surface area contributed by atoms with E-state index < -0.39 is 0 Å². The van der Waals surface area contributed by atoms with Crippen LogP contribution in [0.1, 0.15) is 24.7 Å². The third kappa shape index (κ3) is 3.02. The summed E-state index contributed by atoms with van der Waals surface area (Å²) in [6.07, 6.45) is 3.86. The van der Waals surface area contributed by atoms with Crippen molar-refractivity contribution in [1.29, 1.82) is 0 Å². The van der Waals surface area contributed by atoms with E-state index in [2.05, 4.69) is 15.0 Å². The van der Waals surface area contributed by atoms with Gasteiger partial charge in [-0.3, -0.25) is 9.69 Å². The molecular weight excluding hydrogens is 340 g/mol. The van der Waals surface area contributed by atoms with E-state index in [-0.39, 0.29) is 11.5 Å². The predicted molar refractivity (Wildman–Crippen MR) is 104 cm³/mol. The molecule has 1 unspecified atom stereocenters. The number of nitrogens with zero attached hydrogens (tertiary/aromatic N) is 4. The van der Waals surface area contributed by atoms with Gasteiger partial charge in [-0.05, 0) is 37.6 Å². The van der Waals surface area contributed by atoms with Crippen LogP contribution in [0.4, 0.5) is 0 Å². The average Bonchev–Trinajstić information content (AvgIpc) is 3.15. The lowest BCUT2D eigenvalue weighted by Crippen LogP contribution is -2.39. The van der Waals surface area contributed by atoms with Crippen LogP contribution in [0.3, 0.4) is 0 Å². The Bertz CT molecular complexity index is 1130. The number of fused-ring (bicyclic) bond motifs is 2. The van der Waals surface area contributed by atoms with Gasteiger partial charge in [-0.15, -0.1) is 0 Å². The number of benzene rings is 2. The van der Waals surface area contributed by atoms with Gasteiger partial charge in [0.05, 0.1) is 18.3 Å². The molecule has 2 aromatic heterocycles. The maximum absolute atomic E-state index is 12.7. The summed E-state index contributed by atoms with van der Waals surface area (Å²) < 4.78 is 7.52. The highest BCUT2D eigenvalue weighted by Crippen LogP contribution is 2.29. The van der Waals surface area contributed by atoms with Crippen LogP contribution in [-0.4, -0.2) is 32.8 Å². The van der Waals surface area contributed by atoms with Gasteiger partial charge in [0, 0.05) is 17.8 Å². The van der Waals surface area contributed by atoms with Crippen LogP contribution in [0.25, 0.3) is 21.9 Å². The number of hydrogen-bond acceptors (Lipinski definition) is 5. The third-order valence-electron chi connectivity index (χ3n) is 5.26. The second kappa shape index (κ2) is 6.63. The Hall–Kier alpha value is -2.99. The van der Waals surface area contributed by atoms with E-state index in [1.807, 2.05) is 48.5 Å². The molecule has 0 saturated carbocycles. The predicted octanol–water partition coefficient (Wildman–Crippen LogP) is 3.37. The van der Waals surface area contributed by atoms with Gasteiger partial charge in [0.1, 0.15) is 5.52 Å². The topological polar surface area (TPSA) is 64.2 Å². The highest BCUT2D eigenvalue weighted by molar-refractivity contribution is 5.80. The van der Waals surface area contributed by atoms with E-state index in [4.69, 9.17) is 4.42 Å². The molecule has 4 aromatic rings. The molecule has 6 nitrogen and oxygen atoms in total. The largest absolute Gasteiger partial charge is 0.440 e. The first kappa shape index (κ1) is 16.2. The Morgan fingerprint density at radius 2 is 1.96 bits per heavy atom. The Morgan fingerprint density at radius 1 is 1.11 bits per heavy atom. The molecule has 1 fully saturated rings. The van der Waals surface area contributed by atoms with Crippen molar-refractivity contribution in [3.05, 3.63) is 71.0 Å². The first-order chi connectivity index (χ1) is 13.3. The van der Waals surface area contributed by atoms with Gasteiger partial charge in [0.2, 0.25) is 0 Å². The van der Waals surface area contributed by atoms with Crippen LogP contribution < -0.4 is 5.56 Å². The van der Waals surface area contributed by atoms with Crippen LogP contribution in [0, 0.1) is 0 Å². The van der Waals surface area contributed by atoms with Crippen molar-refractivity contribution in [2.75, 3.05) is 13.1 Å². The van der Waals surface area contributed by atoms with Crippen molar-refractivity contribution in [2.24, 2.45) is 0 Å². The Kier molecular flexibility index (Phi) is 3.98. The van der Waals surface area contributed by atoms with Crippen LogP contribution in [-0.2, 0) is 6.67 Å². The molecular formula is C21H20N4O2. The van der Waals surface area contributed by atoms with Gasteiger partial charge in [0.25, 0.3) is 5.56 Å². The molecule has 27 heavy (non-hydrogen) atoms. The summed E-state index contributed by atoms with van der Waals surface area (Å²) in [5, 5.41) is 5.94. The van der Waals surface area contributed by atoms with E-state index in [1.165, 1.54) is 0 Å². The average molecular weight is 360 g/mol. The summed E-state index contributed by atoms with van der Waals surface area (Å²) in [7, 11) is 0. The lowest BCUT2D eigenvalue weighted by Gasteiger charge is -2.31. The van der Waals surface area contributed by atoms with Crippen molar-refractivity contribution in [2.45, 2.75) is 25.4 Å². The van der Waals surface area contributed by atoms with Crippen LogP contribution in [0.2, 0.25) is 0 Å². The normalized spacial score (nSPS) is 18.3. The summed E-state index contributed by atoms with van der Waals surface area (Å²) in [4.78, 5) is 19.6. The van der Waals surface area contributed by atoms with E-state index in [1.54, 1.807) is 10.9 Å². The highest BCUT2D eigenvalue weighted by Gasteiger charge is 2.26. The van der Waals surface area contributed by atoms with Gasteiger partial charge in [0.15, 0.2) is 11.5 Å². The fourth-order valence-electron chi connectivity index (χ4n) is 3.87. The lowest BCUT2D eigenvalue weighted by molar-refractivity contribution is 0.146. The van der Waals surface area contributed by atoms with Gasteiger partial charge in [-0.2, -0.15) is 5.10 Å². The number of piperidine rings is 1. The number of rotatable bonds is 3. The molecule has 0 radical (unpaired) electrons. The molecule has 3 heterocycles. The summed E-state index contributed by atoms with van der Waals surface area (Å²) in [5.41, 5.74) is 1.69. The summed E-state index contributed by atoms with van der Waals surface area (Å²) in [6.45, 7) is 2.24. The van der Waals surface area contributed by atoms with Crippen molar-refractivity contribution in [3.8, 4) is 0 Å². The fourth-order valence-corrected chi connectivity index (χ4v) is 3.87. The van der Waals surface area contributed by atoms with E-state index in [0.29, 0.717) is 12.1 Å². The van der Waals surface area contributed by atoms with E-state index in [9.17, 15) is 4.79 Å². The summed E-state index contributed by atoms with van der Waals surface area (Å²) >= 11 is 0. The van der Waals surface area contributed by atoms with Crippen molar-refractivity contribution in [3.63, 3.8) is 0 Å². The van der Waals surface area contributed by atoms with Gasteiger partial charge >= 0.3 is 0 Å². The molecule has 1 aliphatic heterocycles. The van der Waals surface area contributed by atoms with E-state index in [0.717, 1.165) is 48.3 Å². The minimum absolute atomic E-state index is 0.0444. The number of likely N-dealkylation sites (tertiary alicyclic amines) is 1. The maximum atomic E-state index is 12.7. The Balaban J connectivity index is 1.38. The molecule has 0 aliphatic carbocycles. The van der Waals surface area contributed by atoms with Crippen LogP contribution in [0.5, 0.6) is 0 Å². The highest BCUT2D eigenvalue weighted by atomic mass is 16.3. The first-order valence-corrected chi connectivity index (χ1v) is 9.30. The molecule has 0 spiro atoms. The number of aromatic nitrogens is 3. The molecule has 0 N–H and O–H groups in total. The zero-order valence-electron chi connectivity index (χ0n) is 14.9. The Morgan fingerprint density at radius 3 is 2.89 bits per heavy atom. The smallest absolute Gasteiger partial charge is 0.275 e. The molecule has 6 heteroatoms. The maximum Gasteiger partial charge on any atom is 0.275 e. The quantitative estimate of drug-likeness (QED) is 0.560. The number of para-hydroxylation sites is 2. The molecule has 0 amide bonds. The molecule has 136 valence electrons. The lowest BCUT2D eigenvalue weighted by atomic mass is 9.98. The minimum Gasteiger partial charge on any atom is -0.440 e. The molecule has 1 atom stereocenters. The van der Waals surface area contributed by atoms with Gasteiger partial charge in [-0.1, -0.05) is 30.3 Å². The van der Waals surface area contributed by atoms with Gasteiger partial charge in [-0.25, -0.2) is 9.67 Å². The standard InChI is InChI=1S/C21H20N4O2/c26-21-17-8-2-1-6-15(17)12-22-25(21)14-24-11-5-7-16(13-24)20-23-18-9-3-4-10-19(18)27-20/h1-4,6,8-10,12,16H,5,7,11,13-14H2. The van der Waals surface area contributed by atoms with Gasteiger partial charge < -0.3 is 4.42 Å². The van der Waals surface area contributed by atoms with Crippen molar-refractivity contribution >= 4 is 21.9 Å².